The first kappa shape index (κ1) is 15.4. The van der Waals surface area contributed by atoms with Gasteiger partial charge in [-0.15, -0.1) is 0 Å². The molecule has 2 heterocycles. The second-order valence-corrected chi connectivity index (χ2v) is 6.67. The number of nitrogens with zero attached hydrogens (tertiary/aromatic N) is 2. The molecular formula is C15H25N3OS. The van der Waals surface area contributed by atoms with E-state index in [1.807, 2.05) is 6.20 Å². The van der Waals surface area contributed by atoms with Crippen LogP contribution in [0.1, 0.15) is 44.4 Å². The lowest BCUT2D eigenvalue weighted by Crippen LogP contribution is -2.44. The van der Waals surface area contributed by atoms with E-state index in [0.717, 1.165) is 45.3 Å². The Bertz CT molecular complexity index is 407. The van der Waals surface area contributed by atoms with E-state index >= 15 is 0 Å². The molecule has 112 valence electrons. The molecule has 20 heavy (non-hydrogen) atoms. The van der Waals surface area contributed by atoms with Crippen molar-refractivity contribution in [2.75, 3.05) is 13.1 Å². The second-order valence-electron chi connectivity index (χ2n) is 5.75. The first-order valence-corrected chi connectivity index (χ1v) is 8.38. The van der Waals surface area contributed by atoms with E-state index in [0.29, 0.717) is 6.04 Å². The van der Waals surface area contributed by atoms with Gasteiger partial charge < -0.3 is 5.32 Å². The van der Waals surface area contributed by atoms with Crippen LogP contribution in [0.4, 0.5) is 0 Å². The molecule has 1 amide bonds. The Balaban J connectivity index is 1.81. The minimum Gasteiger partial charge on any atom is -0.353 e. The monoisotopic (exact) mass is 295 g/mol. The molecule has 0 saturated carbocycles. The summed E-state index contributed by atoms with van der Waals surface area (Å²) in [5.74, 6) is 0.385. The fraction of sp³-hybridized carbons (Fsp3) is 0.733. The molecule has 0 aromatic carbocycles. The van der Waals surface area contributed by atoms with Crippen LogP contribution in [0.5, 0.6) is 0 Å². The molecular weight excluding hydrogens is 270 g/mol. The van der Waals surface area contributed by atoms with Crippen molar-refractivity contribution in [3.63, 3.8) is 0 Å². The molecule has 1 aliphatic heterocycles. The van der Waals surface area contributed by atoms with Gasteiger partial charge in [0.05, 0.1) is 5.92 Å². The molecule has 1 aromatic heterocycles. The van der Waals surface area contributed by atoms with Crippen LogP contribution in [-0.4, -0.2) is 34.3 Å². The number of carbonyl (C=O) groups is 1. The molecule has 1 N–H and O–H groups in total. The van der Waals surface area contributed by atoms with Crippen LogP contribution in [0.3, 0.4) is 0 Å². The van der Waals surface area contributed by atoms with Crippen LogP contribution in [-0.2, 0) is 11.3 Å². The number of rotatable bonds is 6. The van der Waals surface area contributed by atoms with Crippen LogP contribution in [0.2, 0.25) is 0 Å². The number of hydrogen-bond acceptors (Lipinski definition) is 4. The molecule has 2 rings (SSSR count). The van der Waals surface area contributed by atoms with Crippen molar-refractivity contribution < 1.29 is 4.79 Å². The average molecular weight is 295 g/mol. The highest BCUT2D eigenvalue weighted by Gasteiger charge is 2.26. The molecule has 5 heteroatoms. The Morgan fingerprint density at radius 3 is 3.20 bits per heavy atom. The summed E-state index contributed by atoms with van der Waals surface area (Å²) in [7, 11) is 0. The highest BCUT2D eigenvalue weighted by Crippen LogP contribution is 2.20. The Hall–Kier alpha value is -0.940. The van der Waals surface area contributed by atoms with Crippen LogP contribution >= 0.6 is 11.5 Å². The predicted octanol–water partition coefficient (Wildman–Crippen LogP) is 2.66. The summed E-state index contributed by atoms with van der Waals surface area (Å²) in [5.41, 5.74) is 0. The zero-order valence-electron chi connectivity index (χ0n) is 12.5. The van der Waals surface area contributed by atoms with E-state index in [4.69, 9.17) is 0 Å². The quantitative estimate of drug-likeness (QED) is 0.877. The van der Waals surface area contributed by atoms with Crippen molar-refractivity contribution in [1.29, 1.82) is 0 Å². The fourth-order valence-electron chi connectivity index (χ4n) is 2.82. The van der Waals surface area contributed by atoms with E-state index in [-0.39, 0.29) is 11.8 Å². The number of amides is 1. The van der Waals surface area contributed by atoms with Gasteiger partial charge >= 0.3 is 0 Å². The van der Waals surface area contributed by atoms with Gasteiger partial charge in [-0.05, 0) is 50.3 Å². The maximum absolute atomic E-state index is 12.3. The number of hydrogen-bond donors (Lipinski definition) is 1. The minimum atomic E-state index is 0.149. The van der Waals surface area contributed by atoms with Crippen molar-refractivity contribution >= 4 is 17.4 Å². The third kappa shape index (κ3) is 4.56. The van der Waals surface area contributed by atoms with Gasteiger partial charge in [-0.3, -0.25) is 9.69 Å². The third-order valence-electron chi connectivity index (χ3n) is 3.86. The zero-order valence-corrected chi connectivity index (χ0v) is 13.3. The third-order valence-corrected chi connectivity index (χ3v) is 4.58. The minimum absolute atomic E-state index is 0.149. The number of piperidine rings is 1. The van der Waals surface area contributed by atoms with E-state index in [9.17, 15) is 4.79 Å². The standard InChI is InChI=1S/C15H25N3OS/c1-3-5-12(2)17-15(19)13-6-4-9-18(10-13)11-14-7-8-16-20-14/h7-8,12-13H,3-6,9-11H2,1-2H3,(H,17,19). The van der Waals surface area contributed by atoms with Crippen molar-refractivity contribution in [1.82, 2.24) is 14.6 Å². The lowest BCUT2D eigenvalue weighted by atomic mass is 9.96. The lowest BCUT2D eigenvalue weighted by molar-refractivity contribution is -0.127. The van der Waals surface area contributed by atoms with Gasteiger partial charge in [-0.25, -0.2) is 4.37 Å². The lowest BCUT2D eigenvalue weighted by Gasteiger charge is -2.32. The summed E-state index contributed by atoms with van der Waals surface area (Å²) in [6, 6.07) is 2.36. The molecule has 1 aromatic rings. The van der Waals surface area contributed by atoms with Gasteiger partial charge in [0, 0.05) is 30.2 Å². The SMILES string of the molecule is CCCC(C)NC(=O)C1CCCN(Cc2ccns2)C1. The smallest absolute Gasteiger partial charge is 0.224 e. The summed E-state index contributed by atoms with van der Waals surface area (Å²) >= 11 is 1.55. The van der Waals surface area contributed by atoms with E-state index in [1.54, 1.807) is 11.5 Å². The predicted molar refractivity (Wildman–Crippen MR) is 82.6 cm³/mol. The van der Waals surface area contributed by atoms with Crippen LogP contribution < -0.4 is 5.32 Å². The Kier molecular flexibility index (Phi) is 5.98. The maximum atomic E-state index is 12.3. The van der Waals surface area contributed by atoms with Gasteiger partial charge in [0.1, 0.15) is 0 Å². The highest BCUT2D eigenvalue weighted by atomic mass is 32.1. The molecule has 0 spiro atoms. The van der Waals surface area contributed by atoms with Crippen LogP contribution in [0.25, 0.3) is 0 Å². The molecule has 2 atom stereocenters. The summed E-state index contributed by atoms with van der Waals surface area (Å²) in [4.78, 5) is 15.9. The summed E-state index contributed by atoms with van der Waals surface area (Å²) in [6.45, 7) is 7.15. The van der Waals surface area contributed by atoms with Crippen molar-refractivity contribution in [3.05, 3.63) is 17.1 Å². The highest BCUT2D eigenvalue weighted by molar-refractivity contribution is 7.05. The van der Waals surface area contributed by atoms with Gasteiger partial charge in [-0.2, -0.15) is 0 Å². The Morgan fingerprint density at radius 1 is 1.65 bits per heavy atom. The van der Waals surface area contributed by atoms with Crippen molar-refractivity contribution in [2.24, 2.45) is 5.92 Å². The van der Waals surface area contributed by atoms with Gasteiger partial charge in [0.2, 0.25) is 5.91 Å². The average Bonchev–Trinajstić information content (AvgIpc) is 2.92. The molecule has 1 saturated heterocycles. The van der Waals surface area contributed by atoms with Gasteiger partial charge in [0.15, 0.2) is 0 Å². The topological polar surface area (TPSA) is 45.2 Å². The first-order valence-electron chi connectivity index (χ1n) is 7.61. The zero-order chi connectivity index (χ0) is 14.4. The summed E-state index contributed by atoms with van der Waals surface area (Å²) < 4.78 is 4.14. The molecule has 2 unspecified atom stereocenters. The number of carbonyl (C=O) groups excluding carboxylic acids is 1. The number of nitrogens with one attached hydrogen (secondary N) is 1. The fourth-order valence-corrected chi connectivity index (χ4v) is 3.44. The number of aromatic nitrogens is 1. The maximum Gasteiger partial charge on any atom is 0.224 e. The van der Waals surface area contributed by atoms with E-state index < -0.39 is 0 Å². The molecule has 0 bridgehead atoms. The largest absolute Gasteiger partial charge is 0.353 e. The van der Waals surface area contributed by atoms with E-state index in [2.05, 4.69) is 34.5 Å². The molecule has 1 fully saturated rings. The summed E-state index contributed by atoms with van der Waals surface area (Å²) in [6.07, 6.45) is 6.15. The van der Waals surface area contributed by atoms with E-state index in [1.165, 1.54) is 4.88 Å². The Labute approximate surface area is 125 Å². The van der Waals surface area contributed by atoms with Crippen LogP contribution in [0, 0.1) is 5.92 Å². The first-order chi connectivity index (χ1) is 9.69. The van der Waals surface area contributed by atoms with Crippen molar-refractivity contribution in [3.8, 4) is 0 Å². The molecule has 4 nitrogen and oxygen atoms in total. The van der Waals surface area contributed by atoms with Crippen LogP contribution in [0.15, 0.2) is 12.3 Å². The molecule has 1 aliphatic rings. The summed E-state index contributed by atoms with van der Waals surface area (Å²) in [5, 5.41) is 3.15. The normalized spacial score (nSPS) is 21.6. The number of likely N-dealkylation sites (tertiary alicyclic amines) is 1. The van der Waals surface area contributed by atoms with Crippen molar-refractivity contribution in [2.45, 2.75) is 52.1 Å². The molecule has 0 aliphatic carbocycles. The Morgan fingerprint density at radius 2 is 2.50 bits per heavy atom. The van der Waals surface area contributed by atoms with Gasteiger partial charge in [-0.1, -0.05) is 13.3 Å². The molecule has 0 radical (unpaired) electrons. The van der Waals surface area contributed by atoms with Gasteiger partial charge in [0.25, 0.3) is 0 Å². The second kappa shape index (κ2) is 7.74.